The molecule has 2 heterocycles. The summed E-state index contributed by atoms with van der Waals surface area (Å²) < 4.78 is 0. The number of non-ortho nitro benzene ring substituents is 1. The number of amides is 2. The molecule has 33 heavy (non-hydrogen) atoms. The molecule has 0 spiro atoms. The summed E-state index contributed by atoms with van der Waals surface area (Å²) in [6.45, 7) is 7.33. The van der Waals surface area contributed by atoms with Crippen molar-refractivity contribution in [3.05, 3.63) is 74.7 Å². The van der Waals surface area contributed by atoms with E-state index in [1.54, 1.807) is 18.2 Å². The van der Waals surface area contributed by atoms with Gasteiger partial charge in [0.05, 0.1) is 16.5 Å². The molecule has 0 atom stereocenters. The minimum atomic E-state index is -0.410. The first-order valence-electron chi connectivity index (χ1n) is 10.9. The van der Waals surface area contributed by atoms with E-state index in [0.717, 1.165) is 23.0 Å². The first-order chi connectivity index (χ1) is 15.8. The number of anilines is 1. The van der Waals surface area contributed by atoms with E-state index < -0.39 is 4.92 Å². The third kappa shape index (κ3) is 5.26. The number of hydrogen-bond acceptors (Lipinski definition) is 7. The van der Waals surface area contributed by atoms with Crippen molar-refractivity contribution in [2.45, 2.75) is 19.8 Å². The van der Waals surface area contributed by atoms with Crippen LogP contribution in [0.2, 0.25) is 0 Å². The van der Waals surface area contributed by atoms with E-state index in [1.165, 1.54) is 22.6 Å². The highest BCUT2D eigenvalue weighted by atomic mass is 32.2. The number of piperazine rings is 1. The van der Waals surface area contributed by atoms with E-state index in [1.807, 2.05) is 24.3 Å². The number of hydrogen-bond donors (Lipinski definition) is 0. The predicted octanol–water partition coefficient (Wildman–Crippen LogP) is 4.53. The fourth-order valence-corrected chi connectivity index (χ4v) is 4.71. The second-order valence-electron chi connectivity index (χ2n) is 8.45. The molecule has 0 aromatic heterocycles. The Morgan fingerprint density at radius 1 is 1.00 bits per heavy atom. The maximum atomic E-state index is 12.9. The van der Waals surface area contributed by atoms with Crippen LogP contribution in [0, 0.1) is 10.1 Å². The van der Waals surface area contributed by atoms with Crippen molar-refractivity contribution in [2.75, 3.05) is 37.7 Å². The third-order valence-electron chi connectivity index (χ3n) is 5.91. The van der Waals surface area contributed by atoms with E-state index in [4.69, 9.17) is 0 Å². The standard InChI is InChI=1S/C24H26N4O4S/c1-17(2)19-5-3-18(4-6-19)15-22-23(29)27(24(30)33-22)16-25-11-13-26(14-12-25)20-7-9-21(10-8-20)28(31)32/h3-10,15,17H,11-14,16H2,1-2H3/b22-15-. The Balaban J connectivity index is 1.34. The van der Waals surface area contributed by atoms with E-state index in [9.17, 15) is 19.7 Å². The number of nitro benzene ring substituents is 1. The topological polar surface area (TPSA) is 87.0 Å². The van der Waals surface area contributed by atoms with E-state index in [-0.39, 0.29) is 23.5 Å². The molecule has 2 aromatic carbocycles. The first kappa shape index (κ1) is 23.0. The Morgan fingerprint density at radius 3 is 2.21 bits per heavy atom. The molecule has 2 fully saturated rings. The van der Waals surface area contributed by atoms with Crippen LogP contribution in [0.4, 0.5) is 16.2 Å². The zero-order valence-corrected chi connectivity index (χ0v) is 19.5. The third-order valence-corrected chi connectivity index (χ3v) is 6.82. The first-order valence-corrected chi connectivity index (χ1v) is 11.7. The molecule has 0 unspecified atom stereocenters. The normalized spacial score (nSPS) is 18.6. The largest absolute Gasteiger partial charge is 0.369 e. The molecular weight excluding hydrogens is 440 g/mol. The SMILES string of the molecule is CC(C)c1ccc(/C=C2\SC(=O)N(CN3CCN(c4ccc([N+](=O)[O-])cc4)CC3)C2=O)cc1. The Labute approximate surface area is 197 Å². The highest BCUT2D eigenvalue weighted by molar-refractivity contribution is 8.18. The summed E-state index contributed by atoms with van der Waals surface area (Å²) in [6, 6.07) is 14.6. The number of carbonyl (C=O) groups is 2. The Morgan fingerprint density at radius 2 is 1.64 bits per heavy atom. The summed E-state index contributed by atoms with van der Waals surface area (Å²) in [4.78, 5) is 41.8. The van der Waals surface area contributed by atoms with E-state index >= 15 is 0 Å². The van der Waals surface area contributed by atoms with Gasteiger partial charge in [-0.2, -0.15) is 0 Å². The molecule has 2 saturated heterocycles. The molecule has 2 aromatic rings. The molecule has 8 nitrogen and oxygen atoms in total. The van der Waals surface area contributed by atoms with Crippen molar-refractivity contribution >= 4 is 40.4 Å². The lowest BCUT2D eigenvalue weighted by molar-refractivity contribution is -0.384. The van der Waals surface area contributed by atoms with Crippen LogP contribution >= 0.6 is 11.8 Å². The summed E-state index contributed by atoms with van der Waals surface area (Å²) >= 11 is 0.983. The Hall–Kier alpha value is -3.17. The van der Waals surface area contributed by atoms with Gasteiger partial charge in [0.25, 0.3) is 16.8 Å². The second kappa shape index (κ2) is 9.76. The van der Waals surface area contributed by atoms with Crippen LogP contribution in [-0.4, -0.2) is 58.7 Å². The highest BCUT2D eigenvalue weighted by Gasteiger charge is 2.36. The summed E-state index contributed by atoms with van der Waals surface area (Å²) in [5.74, 6) is 0.183. The number of nitro groups is 1. The van der Waals surface area contributed by atoms with Crippen LogP contribution < -0.4 is 4.90 Å². The maximum Gasteiger partial charge on any atom is 0.294 e. The minimum Gasteiger partial charge on any atom is -0.369 e. The van der Waals surface area contributed by atoms with Crippen molar-refractivity contribution in [3.63, 3.8) is 0 Å². The number of nitrogens with zero attached hydrogens (tertiary/aromatic N) is 4. The highest BCUT2D eigenvalue weighted by Crippen LogP contribution is 2.33. The van der Waals surface area contributed by atoms with Crippen LogP contribution in [0.25, 0.3) is 6.08 Å². The smallest absolute Gasteiger partial charge is 0.294 e. The van der Waals surface area contributed by atoms with E-state index in [0.29, 0.717) is 37.0 Å². The minimum absolute atomic E-state index is 0.0701. The lowest BCUT2D eigenvalue weighted by atomic mass is 10.0. The molecule has 0 aliphatic carbocycles. The molecule has 0 saturated carbocycles. The molecule has 172 valence electrons. The van der Waals surface area contributed by atoms with Gasteiger partial charge in [-0.1, -0.05) is 38.1 Å². The lowest BCUT2D eigenvalue weighted by Crippen LogP contribution is -2.50. The van der Waals surface area contributed by atoms with Gasteiger partial charge in [-0.3, -0.25) is 29.5 Å². The summed E-state index contributed by atoms with van der Waals surface area (Å²) in [6.07, 6.45) is 1.78. The monoisotopic (exact) mass is 466 g/mol. The predicted molar refractivity (Wildman–Crippen MR) is 130 cm³/mol. The maximum absolute atomic E-state index is 12.9. The molecule has 0 bridgehead atoms. The lowest BCUT2D eigenvalue weighted by Gasteiger charge is -2.37. The van der Waals surface area contributed by atoms with Crippen LogP contribution in [0.3, 0.4) is 0 Å². The van der Waals surface area contributed by atoms with Crippen molar-refractivity contribution in [1.82, 2.24) is 9.80 Å². The van der Waals surface area contributed by atoms with Gasteiger partial charge in [0.2, 0.25) is 0 Å². The Kier molecular flexibility index (Phi) is 6.80. The van der Waals surface area contributed by atoms with Gasteiger partial charge in [0.15, 0.2) is 0 Å². The zero-order chi connectivity index (χ0) is 23.5. The Bertz CT molecular complexity index is 1070. The van der Waals surface area contributed by atoms with Crippen LogP contribution in [0.15, 0.2) is 53.4 Å². The van der Waals surface area contributed by atoms with Gasteiger partial charge in [-0.15, -0.1) is 0 Å². The van der Waals surface area contributed by atoms with Crippen LogP contribution in [0.5, 0.6) is 0 Å². The van der Waals surface area contributed by atoms with Crippen molar-refractivity contribution in [1.29, 1.82) is 0 Å². The second-order valence-corrected chi connectivity index (χ2v) is 9.44. The number of imide groups is 1. The number of thioether (sulfide) groups is 1. The number of rotatable bonds is 6. The van der Waals surface area contributed by atoms with Crippen molar-refractivity contribution in [3.8, 4) is 0 Å². The fourth-order valence-electron chi connectivity index (χ4n) is 3.88. The van der Waals surface area contributed by atoms with Gasteiger partial charge < -0.3 is 4.90 Å². The van der Waals surface area contributed by atoms with Gasteiger partial charge in [-0.25, -0.2) is 0 Å². The van der Waals surface area contributed by atoms with Crippen molar-refractivity contribution < 1.29 is 14.5 Å². The summed E-state index contributed by atoms with van der Waals surface area (Å²) in [5, 5.41) is 10.6. The molecule has 9 heteroatoms. The quantitative estimate of drug-likeness (QED) is 0.351. The summed E-state index contributed by atoms with van der Waals surface area (Å²) in [7, 11) is 0. The summed E-state index contributed by atoms with van der Waals surface area (Å²) in [5.41, 5.74) is 3.13. The fraction of sp³-hybridized carbons (Fsp3) is 0.333. The molecule has 2 aliphatic heterocycles. The van der Waals surface area contributed by atoms with Crippen LogP contribution in [-0.2, 0) is 4.79 Å². The van der Waals surface area contributed by atoms with Crippen LogP contribution in [0.1, 0.15) is 30.9 Å². The molecular formula is C24H26N4O4S. The van der Waals surface area contributed by atoms with Gasteiger partial charge in [-0.05, 0) is 47.0 Å². The van der Waals surface area contributed by atoms with Gasteiger partial charge in [0.1, 0.15) is 0 Å². The molecule has 2 amide bonds. The average molecular weight is 467 g/mol. The number of carbonyl (C=O) groups excluding carboxylic acids is 2. The molecule has 0 N–H and O–H groups in total. The zero-order valence-electron chi connectivity index (χ0n) is 18.6. The number of benzene rings is 2. The average Bonchev–Trinajstić information content (AvgIpc) is 3.07. The van der Waals surface area contributed by atoms with Crippen molar-refractivity contribution in [2.24, 2.45) is 0 Å². The van der Waals surface area contributed by atoms with Gasteiger partial charge >= 0.3 is 0 Å². The molecule has 4 rings (SSSR count). The molecule has 2 aliphatic rings. The molecule has 0 radical (unpaired) electrons. The van der Waals surface area contributed by atoms with Gasteiger partial charge in [0, 0.05) is 44.0 Å². The van der Waals surface area contributed by atoms with E-state index in [2.05, 4.69) is 23.6 Å².